The number of hydrogen-bond acceptors (Lipinski definition) is 2. The van der Waals surface area contributed by atoms with Gasteiger partial charge in [-0.1, -0.05) is 30.3 Å². The molecule has 1 aliphatic rings. The van der Waals surface area contributed by atoms with Crippen LogP contribution in [0.5, 0.6) is 5.75 Å². The Labute approximate surface area is 148 Å². The summed E-state index contributed by atoms with van der Waals surface area (Å²) in [4.78, 5) is 12.3. The van der Waals surface area contributed by atoms with Crippen LogP contribution in [0.25, 0.3) is 0 Å². The highest BCUT2D eigenvalue weighted by Gasteiger charge is 2.56. The first-order valence-corrected chi connectivity index (χ1v) is 8.06. The molecule has 3 nitrogen and oxygen atoms in total. The molecule has 138 valence electrons. The lowest BCUT2D eigenvalue weighted by atomic mass is 10.0. The van der Waals surface area contributed by atoms with Crippen molar-refractivity contribution in [2.45, 2.75) is 31.2 Å². The van der Waals surface area contributed by atoms with Crippen LogP contribution in [0, 0.1) is 5.82 Å². The van der Waals surface area contributed by atoms with Crippen LogP contribution in [0.3, 0.4) is 0 Å². The molecule has 1 amide bonds. The number of nitrogens with zero attached hydrogens (tertiary/aromatic N) is 1. The van der Waals surface area contributed by atoms with Crippen molar-refractivity contribution in [1.29, 1.82) is 0 Å². The number of benzene rings is 2. The van der Waals surface area contributed by atoms with Crippen LogP contribution < -0.4 is 4.74 Å². The number of hydrogen-bond donors (Lipinski definition) is 0. The zero-order chi connectivity index (χ0) is 18.9. The van der Waals surface area contributed by atoms with Gasteiger partial charge in [-0.15, -0.1) is 0 Å². The number of alkyl halides is 3. The van der Waals surface area contributed by atoms with E-state index in [4.69, 9.17) is 4.74 Å². The van der Waals surface area contributed by atoms with Gasteiger partial charge in [0.05, 0.1) is 5.54 Å². The summed E-state index contributed by atoms with van der Waals surface area (Å²) in [6, 6.07) is 12.9. The molecule has 0 N–H and O–H groups in total. The van der Waals surface area contributed by atoms with E-state index >= 15 is 0 Å². The second kappa shape index (κ2) is 6.63. The second-order valence-corrected chi connectivity index (χ2v) is 6.31. The Hall–Kier alpha value is -2.57. The zero-order valence-corrected chi connectivity index (χ0v) is 14.0. The third-order valence-corrected chi connectivity index (χ3v) is 4.59. The second-order valence-electron chi connectivity index (χ2n) is 6.31. The van der Waals surface area contributed by atoms with Gasteiger partial charge in [-0.2, -0.15) is 13.2 Å². The van der Waals surface area contributed by atoms with Gasteiger partial charge in [0.25, 0.3) is 0 Å². The van der Waals surface area contributed by atoms with Crippen molar-refractivity contribution < 1.29 is 27.1 Å². The normalized spacial score (nSPS) is 15.4. The Morgan fingerprint density at radius 1 is 1.15 bits per heavy atom. The molecular formula is C19H17F4NO2. The summed E-state index contributed by atoms with van der Waals surface area (Å²) in [7, 11) is 1.09. The first-order valence-electron chi connectivity index (χ1n) is 8.06. The molecule has 0 heterocycles. The van der Waals surface area contributed by atoms with E-state index in [1.807, 2.05) is 30.3 Å². The fraction of sp³-hybridized carbons (Fsp3) is 0.316. The minimum absolute atomic E-state index is 0.187. The predicted molar refractivity (Wildman–Crippen MR) is 86.9 cm³/mol. The van der Waals surface area contributed by atoms with Crippen molar-refractivity contribution in [3.8, 4) is 5.75 Å². The third kappa shape index (κ3) is 3.52. The van der Waals surface area contributed by atoms with Crippen molar-refractivity contribution in [3.63, 3.8) is 0 Å². The van der Waals surface area contributed by atoms with Gasteiger partial charge in [0.1, 0.15) is 18.2 Å². The summed E-state index contributed by atoms with van der Waals surface area (Å²) in [5.74, 6) is -2.27. The number of carbonyl (C=O) groups is 1. The van der Waals surface area contributed by atoms with Gasteiger partial charge in [0.15, 0.2) is 0 Å². The maximum absolute atomic E-state index is 13.8. The topological polar surface area (TPSA) is 29.5 Å². The molecule has 0 aliphatic heterocycles. The Bertz CT molecular complexity index is 801. The largest absolute Gasteiger partial charge is 0.489 e. The molecule has 3 rings (SSSR count). The van der Waals surface area contributed by atoms with Gasteiger partial charge < -0.3 is 9.64 Å². The maximum Gasteiger partial charge on any atom is 0.471 e. The quantitative estimate of drug-likeness (QED) is 0.733. The summed E-state index contributed by atoms with van der Waals surface area (Å²) < 4.78 is 58.0. The summed E-state index contributed by atoms with van der Waals surface area (Å²) in [6.07, 6.45) is -4.35. The first-order chi connectivity index (χ1) is 12.2. The molecule has 0 aromatic heterocycles. The van der Waals surface area contributed by atoms with Crippen molar-refractivity contribution in [2.24, 2.45) is 0 Å². The zero-order valence-electron chi connectivity index (χ0n) is 14.0. The highest BCUT2D eigenvalue weighted by atomic mass is 19.4. The Kier molecular flexibility index (Phi) is 4.64. The van der Waals surface area contributed by atoms with Crippen LogP contribution in [0.15, 0.2) is 48.5 Å². The average Bonchev–Trinajstić information content (AvgIpc) is 3.41. The fourth-order valence-electron chi connectivity index (χ4n) is 3.02. The van der Waals surface area contributed by atoms with Crippen LogP contribution in [-0.4, -0.2) is 24.0 Å². The van der Waals surface area contributed by atoms with E-state index in [1.54, 1.807) is 0 Å². The average molecular weight is 367 g/mol. The lowest BCUT2D eigenvalue weighted by molar-refractivity contribution is -0.187. The first kappa shape index (κ1) is 18.2. The van der Waals surface area contributed by atoms with E-state index in [0.717, 1.165) is 18.7 Å². The standard InChI is InChI=1S/C19H17F4NO2/c1-24(17(25)19(21,22)23)18(9-10-18)15-11-14(20)7-8-16(15)26-12-13-5-3-2-4-6-13/h2-8,11H,9-10,12H2,1H3. The van der Waals surface area contributed by atoms with Crippen molar-refractivity contribution >= 4 is 5.91 Å². The van der Waals surface area contributed by atoms with Crippen molar-refractivity contribution in [1.82, 2.24) is 4.90 Å². The lowest BCUT2D eigenvalue weighted by Crippen LogP contribution is -2.44. The lowest BCUT2D eigenvalue weighted by Gasteiger charge is -2.30. The number of amides is 1. The summed E-state index contributed by atoms with van der Waals surface area (Å²) in [6.45, 7) is 0.187. The number of carbonyl (C=O) groups excluding carboxylic acids is 1. The molecule has 1 fully saturated rings. The number of halogens is 4. The van der Waals surface area contributed by atoms with Crippen LogP contribution in [0.1, 0.15) is 24.0 Å². The van der Waals surface area contributed by atoms with E-state index < -0.39 is 23.4 Å². The fourth-order valence-corrected chi connectivity index (χ4v) is 3.02. The Balaban J connectivity index is 1.89. The molecular weight excluding hydrogens is 350 g/mol. The summed E-state index contributed by atoms with van der Waals surface area (Å²) in [5, 5.41) is 0. The van der Waals surface area contributed by atoms with Crippen LogP contribution in [0.2, 0.25) is 0 Å². The van der Waals surface area contributed by atoms with Gasteiger partial charge in [-0.25, -0.2) is 4.39 Å². The number of ether oxygens (including phenoxy) is 1. The van der Waals surface area contributed by atoms with Gasteiger partial charge in [-0.05, 0) is 36.6 Å². The molecule has 2 aromatic carbocycles. The summed E-state index contributed by atoms with van der Waals surface area (Å²) >= 11 is 0. The monoisotopic (exact) mass is 367 g/mol. The molecule has 0 bridgehead atoms. The van der Waals surface area contributed by atoms with Gasteiger partial charge in [-0.3, -0.25) is 4.79 Å². The van der Waals surface area contributed by atoms with Gasteiger partial charge >= 0.3 is 12.1 Å². The highest BCUT2D eigenvalue weighted by molar-refractivity contribution is 5.83. The third-order valence-electron chi connectivity index (χ3n) is 4.59. The molecule has 1 aliphatic carbocycles. The van der Waals surface area contributed by atoms with E-state index in [2.05, 4.69) is 0 Å². The molecule has 0 saturated heterocycles. The van der Waals surface area contributed by atoms with Gasteiger partial charge in [0, 0.05) is 12.6 Å². The van der Waals surface area contributed by atoms with E-state index in [-0.39, 0.29) is 17.9 Å². The van der Waals surface area contributed by atoms with E-state index in [1.165, 1.54) is 12.1 Å². The minimum Gasteiger partial charge on any atom is -0.489 e. The molecule has 1 saturated carbocycles. The van der Waals surface area contributed by atoms with Crippen molar-refractivity contribution in [2.75, 3.05) is 7.05 Å². The van der Waals surface area contributed by atoms with Crippen molar-refractivity contribution in [3.05, 3.63) is 65.5 Å². The van der Waals surface area contributed by atoms with Gasteiger partial charge in [0.2, 0.25) is 0 Å². The molecule has 26 heavy (non-hydrogen) atoms. The Morgan fingerprint density at radius 3 is 2.38 bits per heavy atom. The Morgan fingerprint density at radius 2 is 1.81 bits per heavy atom. The maximum atomic E-state index is 13.8. The summed E-state index contributed by atoms with van der Waals surface area (Å²) in [5.41, 5.74) is -0.0679. The number of rotatable bonds is 5. The molecule has 0 radical (unpaired) electrons. The predicted octanol–water partition coefficient (Wildman–Crippen LogP) is 4.41. The van der Waals surface area contributed by atoms with Crippen LogP contribution >= 0.6 is 0 Å². The van der Waals surface area contributed by atoms with Crippen LogP contribution in [-0.2, 0) is 16.9 Å². The minimum atomic E-state index is -4.98. The molecule has 2 aromatic rings. The molecule has 7 heteroatoms. The smallest absolute Gasteiger partial charge is 0.471 e. The SMILES string of the molecule is CN(C(=O)C(F)(F)F)C1(c2cc(F)ccc2OCc2ccccc2)CC1. The van der Waals surface area contributed by atoms with E-state index in [9.17, 15) is 22.4 Å². The van der Waals surface area contributed by atoms with Crippen LogP contribution in [0.4, 0.5) is 17.6 Å². The highest BCUT2D eigenvalue weighted by Crippen LogP contribution is 2.54. The van der Waals surface area contributed by atoms with E-state index in [0.29, 0.717) is 17.7 Å². The molecule has 0 atom stereocenters. The molecule has 0 unspecified atom stereocenters. The molecule has 0 spiro atoms.